The van der Waals surface area contributed by atoms with Gasteiger partial charge in [0.1, 0.15) is 0 Å². The molecule has 1 aliphatic carbocycles. The summed E-state index contributed by atoms with van der Waals surface area (Å²) in [6.45, 7) is 4.25. The Bertz CT molecular complexity index is 488. The lowest BCUT2D eigenvalue weighted by atomic mass is 9.95. The van der Waals surface area contributed by atoms with Crippen LogP contribution in [-0.2, 0) is 10.2 Å². The molecule has 21 heavy (non-hydrogen) atoms. The molecule has 1 unspecified atom stereocenters. The Morgan fingerprint density at radius 1 is 1.29 bits per heavy atom. The van der Waals surface area contributed by atoms with Crippen LogP contribution in [0, 0.1) is 6.92 Å². The number of benzene rings is 1. The van der Waals surface area contributed by atoms with Crippen LogP contribution < -0.4 is 10.6 Å². The topological polar surface area (TPSA) is 50.4 Å². The van der Waals surface area contributed by atoms with Crippen molar-refractivity contribution >= 4 is 6.03 Å². The normalized spacial score (nSPS) is 22.8. The molecule has 4 heteroatoms. The summed E-state index contributed by atoms with van der Waals surface area (Å²) in [6, 6.07) is 8.59. The summed E-state index contributed by atoms with van der Waals surface area (Å²) in [6.07, 6.45) is 4.66. The minimum absolute atomic E-state index is 0.0797. The third-order valence-electron chi connectivity index (χ3n) is 4.62. The van der Waals surface area contributed by atoms with Gasteiger partial charge < -0.3 is 15.4 Å². The lowest BCUT2D eigenvalue weighted by Gasteiger charge is -2.18. The number of hydrogen-bond acceptors (Lipinski definition) is 2. The molecule has 1 aromatic carbocycles. The summed E-state index contributed by atoms with van der Waals surface area (Å²) in [5.74, 6) is 0. The number of carbonyl (C=O) groups is 1. The average molecular weight is 288 g/mol. The van der Waals surface area contributed by atoms with Gasteiger partial charge in [0.05, 0.1) is 6.10 Å². The molecule has 1 saturated carbocycles. The zero-order valence-electron chi connectivity index (χ0n) is 12.7. The Morgan fingerprint density at radius 2 is 2.05 bits per heavy atom. The molecule has 2 N–H and O–H groups in total. The van der Waals surface area contributed by atoms with Gasteiger partial charge in [0.25, 0.3) is 0 Å². The van der Waals surface area contributed by atoms with Crippen molar-refractivity contribution in [2.75, 3.05) is 19.7 Å². The van der Waals surface area contributed by atoms with E-state index < -0.39 is 0 Å². The third-order valence-corrected chi connectivity index (χ3v) is 4.62. The Balaban J connectivity index is 1.45. The summed E-state index contributed by atoms with van der Waals surface area (Å²) in [7, 11) is 0. The molecule has 3 rings (SSSR count). The second kappa shape index (κ2) is 6.06. The van der Waals surface area contributed by atoms with Crippen molar-refractivity contribution in [3.8, 4) is 0 Å². The van der Waals surface area contributed by atoms with Gasteiger partial charge in [-0.15, -0.1) is 0 Å². The van der Waals surface area contributed by atoms with Gasteiger partial charge in [0.15, 0.2) is 0 Å². The van der Waals surface area contributed by atoms with Gasteiger partial charge in [-0.1, -0.05) is 29.8 Å². The van der Waals surface area contributed by atoms with Crippen LogP contribution in [0.5, 0.6) is 0 Å². The molecule has 1 atom stereocenters. The fraction of sp³-hybridized carbons (Fsp3) is 0.588. The fourth-order valence-corrected chi connectivity index (χ4v) is 2.95. The predicted octanol–water partition coefficient (Wildman–Crippen LogP) is 2.50. The molecule has 1 aliphatic heterocycles. The van der Waals surface area contributed by atoms with E-state index in [1.807, 2.05) is 0 Å². The lowest BCUT2D eigenvalue weighted by Crippen LogP contribution is -2.42. The van der Waals surface area contributed by atoms with E-state index in [9.17, 15) is 4.79 Å². The first-order chi connectivity index (χ1) is 10.2. The first kappa shape index (κ1) is 14.4. The highest BCUT2D eigenvalue weighted by molar-refractivity contribution is 5.74. The van der Waals surface area contributed by atoms with Gasteiger partial charge in [-0.2, -0.15) is 0 Å². The summed E-state index contributed by atoms with van der Waals surface area (Å²) in [4.78, 5) is 11.9. The number of urea groups is 1. The number of aryl methyl sites for hydroxylation is 1. The molecule has 0 bridgehead atoms. The van der Waals surface area contributed by atoms with E-state index in [-0.39, 0.29) is 17.6 Å². The van der Waals surface area contributed by atoms with E-state index in [1.54, 1.807) is 0 Å². The van der Waals surface area contributed by atoms with E-state index in [4.69, 9.17) is 4.74 Å². The molecule has 0 spiro atoms. The second-order valence-electron chi connectivity index (χ2n) is 6.34. The zero-order valence-corrected chi connectivity index (χ0v) is 12.7. The van der Waals surface area contributed by atoms with Crippen molar-refractivity contribution in [2.24, 2.45) is 0 Å². The van der Waals surface area contributed by atoms with Gasteiger partial charge in [0.2, 0.25) is 0 Å². The number of hydrogen-bond donors (Lipinski definition) is 2. The van der Waals surface area contributed by atoms with Crippen molar-refractivity contribution in [1.29, 1.82) is 0 Å². The number of ether oxygens (including phenoxy) is 1. The first-order valence-corrected chi connectivity index (χ1v) is 7.88. The lowest BCUT2D eigenvalue weighted by molar-refractivity contribution is 0.111. The van der Waals surface area contributed by atoms with Crippen LogP contribution in [0.2, 0.25) is 0 Å². The molecule has 0 radical (unpaired) electrons. The molecule has 114 valence electrons. The van der Waals surface area contributed by atoms with Crippen LogP contribution in [0.15, 0.2) is 24.3 Å². The maximum atomic E-state index is 11.9. The van der Waals surface area contributed by atoms with Crippen molar-refractivity contribution in [2.45, 2.75) is 44.1 Å². The number of carbonyl (C=O) groups excluding carboxylic acids is 1. The molecular weight excluding hydrogens is 264 g/mol. The molecule has 1 aromatic rings. The predicted molar refractivity (Wildman–Crippen MR) is 82.5 cm³/mol. The van der Waals surface area contributed by atoms with Crippen molar-refractivity contribution in [3.05, 3.63) is 35.4 Å². The Hall–Kier alpha value is -1.55. The van der Waals surface area contributed by atoms with Crippen LogP contribution in [0.3, 0.4) is 0 Å². The maximum absolute atomic E-state index is 11.9. The molecular formula is C17H24N2O2. The smallest absolute Gasteiger partial charge is 0.314 e. The number of rotatable bonds is 5. The minimum Gasteiger partial charge on any atom is -0.376 e. The zero-order chi connectivity index (χ0) is 14.7. The standard InChI is InChI=1S/C17H24N2O2/c1-13-4-6-14(7-5-13)17(8-9-17)12-19-16(20)18-11-15-3-2-10-21-15/h4-7,15H,2-3,8-12H2,1H3,(H2,18,19,20). The summed E-state index contributed by atoms with van der Waals surface area (Å²) < 4.78 is 5.50. The monoisotopic (exact) mass is 288 g/mol. The molecule has 2 amide bonds. The van der Waals surface area contributed by atoms with Crippen LogP contribution in [0.1, 0.15) is 36.8 Å². The molecule has 1 saturated heterocycles. The summed E-state index contributed by atoms with van der Waals surface area (Å²) in [5.41, 5.74) is 2.78. The first-order valence-electron chi connectivity index (χ1n) is 7.88. The van der Waals surface area contributed by atoms with E-state index in [0.29, 0.717) is 13.1 Å². The molecule has 2 fully saturated rings. The molecule has 0 aromatic heterocycles. The molecule has 4 nitrogen and oxygen atoms in total. The third kappa shape index (κ3) is 3.56. The van der Waals surface area contributed by atoms with E-state index in [0.717, 1.165) is 32.3 Å². The quantitative estimate of drug-likeness (QED) is 0.874. The fourth-order valence-electron chi connectivity index (χ4n) is 2.95. The van der Waals surface area contributed by atoms with Gasteiger partial charge in [-0.05, 0) is 38.2 Å². The maximum Gasteiger partial charge on any atom is 0.314 e. The van der Waals surface area contributed by atoms with Crippen molar-refractivity contribution < 1.29 is 9.53 Å². The molecule has 2 aliphatic rings. The van der Waals surface area contributed by atoms with Gasteiger partial charge in [-0.25, -0.2) is 4.79 Å². The number of nitrogens with one attached hydrogen (secondary N) is 2. The van der Waals surface area contributed by atoms with Crippen LogP contribution in [0.25, 0.3) is 0 Å². The van der Waals surface area contributed by atoms with Gasteiger partial charge in [0, 0.05) is 25.1 Å². The Labute approximate surface area is 126 Å². The second-order valence-corrected chi connectivity index (χ2v) is 6.34. The van der Waals surface area contributed by atoms with Crippen LogP contribution in [0.4, 0.5) is 4.79 Å². The Kier molecular flexibility index (Phi) is 4.15. The van der Waals surface area contributed by atoms with Crippen LogP contribution >= 0.6 is 0 Å². The summed E-state index contributed by atoms with van der Waals surface area (Å²) >= 11 is 0. The van der Waals surface area contributed by atoms with Gasteiger partial charge in [-0.3, -0.25) is 0 Å². The SMILES string of the molecule is Cc1ccc(C2(CNC(=O)NCC3CCCO3)CC2)cc1. The van der Waals surface area contributed by atoms with Crippen molar-refractivity contribution in [1.82, 2.24) is 10.6 Å². The highest BCUT2D eigenvalue weighted by Gasteiger charge is 2.44. The minimum atomic E-state index is -0.0797. The highest BCUT2D eigenvalue weighted by Crippen LogP contribution is 2.47. The van der Waals surface area contributed by atoms with Crippen molar-refractivity contribution in [3.63, 3.8) is 0 Å². The molecule has 1 heterocycles. The number of amides is 2. The largest absolute Gasteiger partial charge is 0.376 e. The van der Waals surface area contributed by atoms with E-state index in [2.05, 4.69) is 41.8 Å². The Morgan fingerprint density at radius 3 is 2.67 bits per heavy atom. The van der Waals surface area contributed by atoms with E-state index in [1.165, 1.54) is 11.1 Å². The van der Waals surface area contributed by atoms with Gasteiger partial charge >= 0.3 is 6.03 Å². The summed E-state index contributed by atoms with van der Waals surface area (Å²) in [5, 5.41) is 5.93. The van der Waals surface area contributed by atoms with E-state index >= 15 is 0 Å². The van der Waals surface area contributed by atoms with Crippen LogP contribution in [-0.4, -0.2) is 31.8 Å². The average Bonchev–Trinajstić information content (AvgIpc) is 3.10. The highest BCUT2D eigenvalue weighted by atomic mass is 16.5.